The number of likely N-dealkylation sites (N-methyl/N-ethyl adjacent to an activating group) is 1. The van der Waals surface area contributed by atoms with Crippen LogP contribution < -0.4 is 5.32 Å². The second-order valence-corrected chi connectivity index (χ2v) is 5.12. The number of hydrogen-bond donors (Lipinski definition) is 1. The minimum Gasteiger partial charge on any atom is -0.313 e. The summed E-state index contributed by atoms with van der Waals surface area (Å²) in [6, 6.07) is 1.41. The number of rotatable bonds is 5. The Bertz CT molecular complexity index is 162. The summed E-state index contributed by atoms with van der Waals surface area (Å²) in [5.74, 6) is 0. The highest BCUT2D eigenvalue weighted by Gasteiger charge is 2.19. The summed E-state index contributed by atoms with van der Waals surface area (Å²) in [6.45, 7) is 9.21. The van der Waals surface area contributed by atoms with Gasteiger partial charge in [-0.2, -0.15) is 0 Å². The van der Waals surface area contributed by atoms with E-state index in [-0.39, 0.29) is 0 Å². The summed E-state index contributed by atoms with van der Waals surface area (Å²) < 4.78 is 0. The normalized spacial score (nSPS) is 20.4. The Morgan fingerprint density at radius 3 is 2.47 bits per heavy atom. The van der Waals surface area contributed by atoms with Crippen molar-refractivity contribution in [2.75, 3.05) is 40.3 Å². The molecule has 1 N–H and O–H groups in total. The maximum absolute atomic E-state index is 3.47. The van der Waals surface area contributed by atoms with Crippen LogP contribution in [0.1, 0.15) is 26.7 Å². The third-order valence-electron chi connectivity index (χ3n) is 3.33. The first-order chi connectivity index (χ1) is 7.09. The molecule has 0 atom stereocenters. The minimum absolute atomic E-state index is 0.607. The molecule has 3 nitrogen and oxygen atoms in total. The molecule has 15 heavy (non-hydrogen) atoms. The lowest BCUT2D eigenvalue weighted by atomic mass is 10.0. The van der Waals surface area contributed by atoms with Crippen molar-refractivity contribution >= 4 is 0 Å². The van der Waals surface area contributed by atoms with Crippen LogP contribution in [0.25, 0.3) is 0 Å². The molecule has 3 heteroatoms. The fraction of sp³-hybridized carbons (Fsp3) is 1.00. The van der Waals surface area contributed by atoms with Gasteiger partial charge in [-0.25, -0.2) is 0 Å². The van der Waals surface area contributed by atoms with Gasteiger partial charge in [-0.15, -0.1) is 0 Å². The average Bonchev–Trinajstić information content (AvgIpc) is 2.18. The lowest BCUT2D eigenvalue weighted by Gasteiger charge is -2.35. The molecular weight excluding hydrogens is 186 g/mol. The molecule has 0 saturated carbocycles. The van der Waals surface area contributed by atoms with E-state index in [0.717, 1.165) is 12.6 Å². The van der Waals surface area contributed by atoms with Crippen molar-refractivity contribution in [3.63, 3.8) is 0 Å². The molecule has 1 heterocycles. The molecule has 0 amide bonds. The van der Waals surface area contributed by atoms with Crippen LogP contribution in [0.2, 0.25) is 0 Å². The van der Waals surface area contributed by atoms with E-state index in [0.29, 0.717) is 6.04 Å². The van der Waals surface area contributed by atoms with Crippen LogP contribution in [0.15, 0.2) is 0 Å². The van der Waals surface area contributed by atoms with Crippen LogP contribution in [0.4, 0.5) is 0 Å². The molecule has 0 spiro atoms. The van der Waals surface area contributed by atoms with E-state index in [1.54, 1.807) is 0 Å². The van der Waals surface area contributed by atoms with Gasteiger partial charge >= 0.3 is 0 Å². The van der Waals surface area contributed by atoms with Crippen LogP contribution in [0.5, 0.6) is 0 Å². The summed E-state index contributed by atoms with van der Waals surface area (Å²) in [4.78, 5) is 4.94. The highest BCUT2D eigenvalue weighted by atomic mass is 15.2. The minimum atomic E-state index is 0.607. The predicted octanol–water partition coefficient (Wildman–Crippen LogP) is 1.01. The lowest BCUT2D eigenvalue weighted by Crippen LogP contribution is -2.44. The van der Waals surface area contributed by atoms with Crippen molar-refractivity contribution in [2.24, 2.45) is 0 Å². The SMILES string of the molecule is CC(C)NCCN(C)C1CCN(C)CC1. The maximum atomic E-state index is 3.47. The Morgan fingerprint density at radius 1 is 1.33 bits per heavy atom. The molecule has 1 fully saturated rings. The molecule has 1 aliphatic heterocycles. The van der Waals surface area contributed by atoms with Crippen molar-refractivity contribution in [1.29, 1.82) is 0 Å². The number of nitrogens with one attached hydrogen (secondary N) is 1. The quantitative estimate of drug-likeness (QED) is 0.735. The van der Waals surface area contributed by atoms with Crippen LogP contribution in [-0.2, 0) is 0 Å². The monoisotopic (exact) mass is 213 g/mol. The fourth-order valence-corrected chi connectivity index (χ4v) is 2.15. The molecule has 90 valence electrons. The molecule has 0 bridgehead atoms. The van der Waals surface area contributed by atoms with Crippen molar-refractivity contribution in [3.8, 4) is 0 Å². The van der Waals surface area contributed by atoms with Gasteiger partial charge in [0.05, 0.1) is 0 Å². The number of nitrogens with zero attached hydrogens (tertiary/aromatic N) is 2. The lowest BCUT2D eigenvalue weighted by molar-refractivity contribution is 0.144. The topological polar surface area (TPSA) is 18.5 Å². The Morgan fingerprint density at radius 2 is 1.93 bits per heavy atom. The summed E-state index contributed by atoms with van der Waals surface area (Å²) in [5, 5.41) is 3.47. The second kappa shape index (κ2) is 6.46. The third kappa shape index (κ3) is 4.96. The van der Waals surface area contributed by atoms with E-state index < -0.39 is 0 Å². The number of piperidine rings is 1. The van der Waals surface area contributed by atoms with Gasteiger partial charge in [-0.05, 0) is 40.0 Å². The zero-order valence-corrected chi connectivity index (χ0v) is 10.8. The fourth-order valence-electron chi connectivity index (χ4n) is 2.15. The van der Waals surface area contributed by atoms with Crippen LogP contribution in [-0.4, -0.2) is 62.2 Å². The summed E-state index contributed by atoms with van der Waals surface area (Å²) in [5.41, 5.74) is 0. The Labute approximate surface area is 94.8 Å². The first-order valence-corrected chi connectivity index (χ1v) is 6.21. The molecule has 0 aromatic carbocycles. The predicted molar refractivity (Wildman–Crippen MR) is 66.3 cm³/mol. The van der Waals surface area contributed by atoms with Crippen molar-refractivity contribution in [1.82, 2.24) is 15.1 Å². The molecule has 0 aliphatic carbocycles. The Balaban J connectivity index is 2.13. The van der Waals surface area contributed by atoms with Gasteiger partial charge in [0.25, 0.3) is 0 Å². The summed E-state index contributed by atoms with van der Waals surface area (Å²) in [6.07, 6.45) is 2.66. The second-order valence-electron chi connectivity index (χ2n) is 5.12. The van der Waals surface area contributed by atoms with Crippen LogP contribution in [0.3, 0.4) is 0 Å². The molecule has 0 aromatic heterocycles. The van der Waals surface area contributed by atoms with E-state index in [1.165, 1.54) is 32.5 Å². The van der Waals surface area contributed by atoms with Crippen molar-refractivity contribution in [2.45, 2.75) is 38.8 Å². The molecule has 1 saturated heterocycles. The molecule has 1 aliphatic rings. The molecule has 0 aromatic rings. The van der Waals surface area contributed by atoms with E-state index in [2.05, 4.69) is 43.1 Å². The third-order valence-corrected chi connectivity index (χ3v) is 3.33. The highest BCUT2D eigenvalue weighted by molar-refractivity contribution is 4.77. The highest BCUT2D eigenvalue weighted by Crippen LogP contribution is 2.13. The molecule has 0 unspecified atom stereocenters. The first-order valence-electron chi connectivity index (χ1n) is 6.21. The van der Waals surface area contributed by atoms with Gasteiger partial charge < -0.3 is 15.1 Å². The van der Waals surface area contributed by atoms with Gasteiger partial charge in [0, 0.05) is 25.2 Å². The maximum Gasteiger partial charge on any atom is 0.0117 e. The first kappa shape index (κ1) is 12.9. The van der Waals surface area contributed by atoms with Crippen molar-refractivity contribution < 1.29 is 0 Å². The number of likely N-dealkylation sites (tertiary alicyclic amines) is 1. The average molecular weight is 213 g/mol. The largest absolute Gasteiger partial charge is 0.313 e. The molecular formula is C12H27N3. The van der Waals surface area contributed by atoms with Gasteiger partial charge in [-0.3, -0.25) is 0 Å². The molecule has 0 radical (unpaired) electrons. The van der Waals surface area contributed by atoms with Gasteiger partial charge in [0.2, 0.25) is 0 Å². The summed E-state index contributed by atoms with van der Waals surface area (Å²) in [7, 11) is 4.48. The van der Waals surface area contributed by atoms with E-state index >= 15 is 0 Å². The molecule has 1 rings (SSSR count). The van der Waals surface area contributed by atoms with Gasteiger partial charge in [0.15, 0.2) is 0 Å². The summed E-state index contributed by atoms with van der Waals surface area (Å²) >= 11 is 0. The van der Waals surface area contributed by atoms with Gasteiger partial charge in [-0.1, -0.05) is 13.8 Å². The zero-order chi connectivity index (χ0) is 11.3. The van der Waals surface area contributed by atoms with E-state index in [9.17, 15) is 0 Å². The number of hydrogen-bond acceptors (Lipinski definition) is 3. The standard InChI is InChI=1S/C12H27N3/c1-11(2)13-7-10-15(4)12-5-8-14(3)9-6-12/h11-13H,5-10H2,1-4H3. The van der Waals surface area contributed by atoms with Crippen molar-refractivity contribution in [3.05, 3.63) is 0 Å². The smallest absolute Gasteiger partial charge is 0.0117 e. The van der Waals surface area contributed by atoms with Crippen LogP contribution >= 0.6 is 0 Å². The van der Waals surface area contributed by atoms with Crippen LogP contribution in [0, 0.1) is 0 Å². The van der Waals surface area contributed by atoms with E-state index in [4.69, 9.17) is 0 Å². The zero-order valence-electron chi connectivity index (χ0n) is 10.8. The van der Waals surface area contributed by atoms with Gasteiger partial charge in [0.1, 0.15) is 0 Å². The Kier molecular flexibility index (Phi) is 5.58. The Hall–Kier alpha value is -0.120. The van der Waals surface area contributed by atoms with E-state index in [1.807, 2.05) is 0 Å².